The zero-order valence-electron chi connectivity index (χ0n) is 12.0. The van der Waals surface area contributed by atoms with Crippen molar-refractivity contribution in [2.45, 2.75) is 31.0 Å². The molecule has 1 aromatic carbocycles. The summed E-state index contributed by atoms with van der Waals surface area (Å²) in [6.45, 7) is 0. The van der Waals surface area contributed by atoms with Crippen LogP contribution in [-0.4, -0.2) is 14.8 Å². The van der Waals surface area contributed by atoms with Gasteiger partial charge in [0.05, 0.1) is 18.0 Å². The van der Waals surface area contributed by atoms with Gasteiger partial charge in [0.15, 0.2) is 12.0 Å². The van der Waals surface area contributed by atoms with E-state index in [0.29, 0.717) is 0 Å². The Morgan fingerprint density at radius 3 is 2.61 bits per heavy atom. The van der Waals surface area contributed by atoms with E-state index in [1.165, 1.54) is 4.68 Å². The van der Waals surface area contributed by atoms with Crippen molar-refractivity contribution in [2.24, 2.45) is 11.8 Å². The highest BCUT2D eigenvalue weighted by Crippen LogP contribution is 2.53. The van der Waals surface area contributed by atoms with Gasteiger partial charge < -0.3 is 0 Å². The molecule has 2 aromatic rings. The Kier molecular flexibility index (Phi) is 2.98. The van der Waals surface area contributed by atoms with Crippen LogP contribution >= 0.6 is 0 Å². The van der Waals surface area contributed by atoms with E-state index >= 15 is 0 Å². The molecule has 0 unspecified atom stereocenters. The monoisotopic (exact) mass is 318 g/mol. The fraction of sp³-hybridized carbons (Fsp3) is 0.438. The lowest BCUT2D eigenvalue weighted by molar-refractivity contribution is -0.0408. The average molecular weight is 318 g/mol. The molecule has 1 fully saturated rings. The molecule has 0 bridgehead atoms. The van der Waals surface area contributed by atoms with Gasteiger partial charge in [-0.1, -0.05) is 30.3 Å². The lowest BCUT2D eigenvalue weighted by Gasteiger charge is -2.14. The average Bonchev–Trinajstić information content (AvgIpc) is 3.13. The van der Waals surface area contributed by atoms with E-state index in [1.54, 1.807) is 0 Å². The molecular weight excluding hydrogens is 305 g/mol. The smallest absolute Gasteiger partial charge is 0.239 e. The summed E-state index contributed by atoms with van der Waals surface area (Å²) in [5.74, 6) is -5.75. The van der Waals surface area contributed by atoms with Gasteiger partial charge in [0, 0.05) is 12.3 Å². The van der Waals surface area contributed by atoms with Crippen LogP contribution < -0.4 is 0 Å². The predicted molar refractivity (Wildman–Crippen MR) is 74.2 cm³/mol. The second kappa shape index (κ2) is 4.82. The van der Waals surface area contributed by atoms with Gasteiger partial charge in [0.1, 0.15) is 0 Å². The molecule has 1 saturated carbocycles. The Hall–Kier alpha value is -2.36. The van der Waals surface area contributed by atoms with Crippen LogP contribution in [0.15, 0.2) is 30.3 Å². The van der Waals surface area contributed by atoms with Gasteiger partial charge in [0.2, 0.25) is 5.82 Å². The highest BCUT2D eigenvalue weighted by Gasteiger charge is 2.59. The van der Waals surface area contributed by atoms with Crippen molar-refractivity contribution in [1.29, 1.82) is 5.26 Å². The van der Waals surface area contributed by atoms with E-state index in [4.69, 9.17) is 5.26 Å². The summed E-state index contributed by atoms with van der Waals surface area (Å²) in [6, 6.07) is 10.5. The summed E-state index contributed by atoms with van der Waals surface area (Å²) in [7, 11) is 0. The molecule has 1 aliphatic carbocycles. The summed E-state index contributed by atoms with van der Waals surface area (Å²) in [5, 5.41) is 12.7. The zero-order chi connectivity index (χ0) is 16.2. The van der Waals surface area contributed by atoms with Gasteiger partial charge >= 0.3 is 5.92 Å². The topological polar surface area (TPSA) is 54.5 Å². The molecule has 1 aliphatic heterocycles. The Balaban J connectivity index is 1.70. The van der Waals surface area contributed by atoms with E-state index in [2.05, 4.69) is 10.1 Å². The van der Waals surface area contributed by atoms with Crippen LogP contribution in [0.1, 0.15) is 42.3 Å². The van der Waals surface area contributed by atoms with Crippen molar-refractivity contribution in [3.63, 3.8) is 0 Å². The van der Waals surface area contributed by atoms with Crippen LogP contribution in [-0.2, 0) is 5.92 Å². The third-order valence-corrected chi connectivity index (χ3v) is 4.57. The molecule has 4 atom stereocenters. The van der Waals surface area contributed by atoms with Crippen LogP contribution in [0.2, 0.25) is 0 Å². The molecule has 4 nitrogen and oxygen atoms in total. The van der Waals surface area contributed by atoms with Crippen molar-refractivity contribution in [1.82, 2.24) is 14.8 Å². The standard InChI is InChI=1S/C16H13F3N4/c17-12-7-13(9-4-2-1-3-5-9)23-14(12)21-15(22-23)16(18,19)11-6-10(11)8-20/h1-5,10-13H,6-7H2/t10-,11+,12+,13+/m1/s1. The number of nitrogens with zero attached hydrogens (tertiary/aromatic N) is 4. The van der Waals surface area contributed by atoms with Gasteiger partial charge in [-0.25, -0.2) is 14.1 Å². The van der Waals surface area contributed by atoms with Gasteiger partial charge in [-0.3, -0.25) is 0 Å². The molecule has 0 amide bonds. The molecule has 2 heterocycles. The van der Waals surface area contributed by atoms with Crippen molar-refractivity contribution in [3.05, 3.63) is 47.5 Å². The second-order valence-electron chi connectivity index (χ2n) is 6.07. The van der Waals surface area contributed by atoms with E-state index in [9.17, 15) is 13.2 Å². The fourth-order valence-corrected chi connectivity index (χ4v) is 3.18. The van der Waals surface area contributed by atoms with Crippen molar-refractivity contribution < 1.29 is 13.2 Å². The Labute approximate surface area is 130 Å². The summed E-state index contributed by atoms with van der Waals surface area (Å²) in [6.07, 6.45) is -1.13. The molecule has 118 valence electrons. The Morgan fingerprint density at radius 2 is 1.96 bits per heavy atom. The normalized spacial score (nSPS) is 29.1. The first kappa shape index (κ1) is 14.2. The van der Waals surface area contributed by atoms with Gasteiger partial charge in [-0.2, -0.15) is 14.0 Å². The van der Waals surface area contributed by atoms with Crippen molar-refractivity contribution in [2.75, 3.05) is 0 Å². The first-order chi connectivity index (χ1) is 11.0. The third-order valence-electron chi connectivity index (χ3n) is 4.57. The summed E-state index contributed by atoms with van der Waals surface area (Å²) in [5.41, 5.74) is 0.815. The summed E-state index contributed by atoms with van der Waals surface area (Å²) >= 11 is 0. The first-order valence-corrected chi connectivity index (χ1v) is 7.45. The van der Waals surface area contributed by atoms with E-state index in [1.807, 2.05) is 36.4 Å². The molecule has 0 N–H and O–H groups in total. The third kappa shape index (κ3) is 2.12. The van der Waals surface area contributed by atoms with Crippen LogP contribution in [0.25, 0.3) is 0 Å². The number of hydrogen-bond acceptors (Lipinski definition) is 3. The van der Waals surface area contributed by atoms with E-state index < -0.39 is 35.8 Å². The number of aromatic nitrogens is 3. The van der Waals surface area contributed by atoms with Crippen molar-refractivity contribution >= 4 is 0 Å². The molecule has 0 radical (unpaired) electrons. The van der Waals surface area contributed by atoms with E-state index in [-0.39, 0.29) is 18.7 Å². The second-order valence-corrected chi connectivity index (χ2v) is 6.07. The molecule has 2 aliphatic rings. The maximum Gasteiger partial charge on any atom is 0.312 e. The molecule has 7 heteroatoms. The molecule has 0 spiro atoms. The van der Waals surface area contributed by atoms with Crippen LogP contribution in [0.4, 0.5) is 13.2 Å². The summed E-state index contributed by atoms with van der Waals surface area (Å²) in [4.78, 5) is 3.77. The summed E-state index contributed by atoms with van der Waals surface area (Å²) < 4.78 is 44.2. The maximum absolute atomic E-state index is 14.4. The fourth-order valence-electron chi connectivity index (χ4n) is 3.18. The highest BCUT2D eigenvalue weighted by atomic mass is 19.3. The number of benzene rings is 1. The zero-order valence-corrected chi connectivity index (χ0v) is 12.0. The number of nitriles is 1. The minimum atomic E-state index is -3.29. The first-order valence-electron chi connectivity index (χ1n) is 7.45. The molecule has 0 saturated heterocycles. The molecule has 23 heavy (non-hydrogen) atoms. The number of fused-ring (bicyclic) bond motifs is 1. The van der Waals surface area contributed by atoms with Crippen LogP contribution in [0.3, 0.4) is 0 Å². The lowest BCUT2D eigenvalue weighted by atomic mass is 10.0. The van der Waals surface area contributed by atoms with Crippen LogP contribution in [0, 0.1) is 23.2 Å². The molecule has 1 aromatic heterocycles. The van der Waals surface area contributed by atoms with Gasteiger partial charge in [-0.05, 0) is 12.0 Å². The molecular formula is C16H13F3N4. The SMILES string of the molecule is N#C[C@H]1C[C@@H]1C(F)(F)c1nc2n(n1)[C@H](c1ccccc1)C[C@@H]2F. The Bertz CT molecular complexity index is 780. The van der Waals surface area contributed by atoms with Crippen molar-refractivity contribution in [3.8, 4) is 6.07 Å². The van der Waals surface area contributed by atoms with Gasteiger partial charge in [0.25, 0.3) is 0 Å². The van der Waals surface area contributed by atoms with E-state index in [0.717, 1.165) is 5.56 Å². The Morgan fingerprint density at radius 1 is 1.22 bits per heavy atom. The van der Waals surface area contributed by atoms with Gasteiger partial charge in [-0.15, -0.1) is 5.10 Å². The highest BCUT2D eigenvalue weighted by molar-refractivity contribution is 5.24. The maximum atomic E-state index is 14.4. The minimum Gasteiger partial charge on any atom is -0.239 e. The lowest BCUT2D eigenvalue weighted by Crippen LogP contribution is -2.20. The number of hydrogen-bond donors (Lipinski definition) is 0. The largest absolute Gasteiger partial charge is 0.312 e. The number of alkyl halides is 3. The number of halogens is 3. The minimum absolute atomic E-state index is 0.0531. The number of rotatable bonds is 3. The molecule has 4 rings (SSSR count). The van der Waals surface area contributed by atoms with Crippen LogP contribution in [0.5, 0.6) is 0 Å². The quantitative estimate of drug-likeness (QED) is 0.870. The predicted octanol–water partition coefficient (Wildman–Crippen LogP) is 3.53.